The van der Waals surface area contributed by atoms with E-state index in [9.17, 15) is 24.3 Å². The minimum atomic E-state index is -1.33. The number of nitrogens with zero attached hydrogens (tertiary/aromatic N) is 1. The Labute approximate surface area is 227 Å². The molecule has 3 rings (SSSR count). The maximum atomic E-state index is 13.3. The van der Waals surface area contributed by atoms with Gasteiger partial charge in [0.25, 0.3) is 5.91 Å². The lowest BCUT2D eigenvalue weighted by Gasteiger charge is -2.32. The second kappa shape index (κ2) is 13.9. The number of ether oxygens (including phenoxy) is 1. The molecule has 1 aliphatic heterocycles. The van der Waals surface area contributed by atoms with Gasteiger partial charge in [0, 0.05) is 19.4 Å². The third kappa shape index (κ3) is 8.36. The topological polar surface area (TPSA) is 172 Å². The van der Waals surface area contributed by atoms with Gasteiger partial charge in [-0.15, -0.1) is 0 Å². The molecule has 0 saturated carbocycles. The molecule has 1 aromatic heterocycles. The van der Waals surface area contributed by atoms with Crippen molar-refractivity contribution in [3.8, 4) is 0 Å². The number of amides is 3. The number of alkyl carbamates (subject to hydrolysis) is 1. The Kier molecular flexibility index (Phi) is 10.6. The fourth-order valence-electron chi connectivity index (χ4n) is 4.23. The summed E-state index contributed by atoms with van der Waals surface area (Å²) in [7, 11) is 0. The zero-order valence-corrected chi connectivity index (χ0v) is 22.6. The van der Waals surface area contributed by atoms with Gasteiger partial charge in [-0.25, -0.2) is 9.78 Å². The minimum Gasteiger partial charge on any atom is -0.448 e. The van der Waals surface area contributed by atoms with Gasteiger partial charge in [0.05, 0.1) is 17.8 Å². The standard InChI is InChI=1S/C27H37N5O7/c1-15(2)21(24(34)30-19-12-20-18(29-14-39-20)10-11-28-26(36)23(19)33)31-25(35)22(16(3)4)32-27(37)38-13-17-8-6-5-7-9-17/h5-9,14-16,19,21-22,25,31,35H,10-13H2,1-4H3,(H,28,36)(H,30,34)(H,32,37). The molecule has 4 atom stereocenters. The van der Waals surface area contributed by atoms with Gasteiger partial charge >= 0.3 is 6.09 Å². The van der Waals surface area contributed by atoms with Crippen LogP contribution in [0.1, 0.15) is 44.7 Å². The molecule has 0 saturated heterocycles. The summed E-state index contributed by atoms with van der Waals surface area (Å²) in [4.78, 5) is 55.0. The SMILES string of the molecule is CC(C)C(NC(O)C(NC(=O)OCc1ccccc1)C(C)C)C(=O)NC1Cc2ocnc2CCNC(=O)C1=O. The molecule has 3 amide bonds. The van der Waals surface area contributed by atoms with Crippen LogP contribution in [0, 0.1) is 11.8 Å². The quantitative estimate of drug-likeness (QED) is 0.215. The Morgan fingerprint density at radius 1 is 1.15 bits per heavy atom. The van der Waals surface area contributed by atoms with E-state index >= 15 is 0 Å². The van der Waals surface area contributed by atoms with Crippen LogP contribution in [0.3, 0.4) is 0 Å². The molecular formula is C27H37N5O7. The van der Waals surface area contributed by atoms with E-state index in [1.165, 1.54) is 6.39 Å². The summed E-state index contributed by atoms with van der Waals surface area (Å²) in [5.74, 6) is -2.34. The average Bonchev–Trinajstić information content (AvgIpc) is 3.35. The fraction of sp³-hybridized carbons (Fsp3) is 0.519. The minimum absolute atomic E-state index is 0.0376. The summed E-state index contributed by atoms with van der Waals surface area (Å²) < 4.78 is 10.7. The number of benzene rings is 1. The van der Waals surface area contributed by atoms with Crippen LogP contribution in [0.15, 0.2) is 41.1 Å². The van der Waals surface area contributed by atoms with Crippen LogP contribution < -0.4 is 21.3 Å². The van der Waals surface area contributed by atoms with E-state index in [1.807, 2.05) is 30.3 Å². The maximum absolute atomic E-state index is 13.3. The molecule has 2 heterocycles. The molecule has 1 aliphatic rings. The summed E-state index contributed by atoms with van der Waals surface area (Å²) in [6.07, 6.45) is -0.423. The number of carbonyl (C=O) groups excluding carboxylic acids is 4. The van der Waals surface area contributed by atoms with Crippen LogP contribution in [-0.4, -0.2) is 64.7 Å². The Hall–Kier alpha value is -3.77. The Balaban J connectivity index is 1.66. The van der Waals surface area contributed by atoms with Crippen molar-refractivity contribution in [1.29, 1.82) is 0 Å². The molecule has 0 bridgehead atoms. The van der Waals surface area contributed by atoms with Gasteiger partial charge in [-0.2, -0.15) is 0 Å². The second-order valence-electron chi connectivity index (χ2n) is 10.2. The first-order valence-electron chi connectivity index (χ1n) is 13.0. The van der Waals surface area contributed by atoms with Gasteiger partial charge in [0.15, 0.2) is 6.39 Å². The average molecular weight is 544 g/mol. The van der Waals surface area contributed by atoms with Gasteiger partial charge in [-0.1, -0.05) is 58.0 Å². The van der Waals surface area contributed by atoms with Gasteiger partial charge in [-0.05, 0) is 17.4 Å². The number of hydrogen-bond donors (Lipinski definition) is 5. The van der Waals surface area contributed by atoms with Crippen LogP contribution in [0.4, 0.5) is 4.79 Å². The highest BCUT2D eigenvalue weighted by Crippen LogP contribution is 2.14. The highest BCUT2D eigenvalue weighted by molar-refractivity contribution is 6.38. The van der Waals surface area contributed by atoms with E-state index in [0.717, 1.165) is 5.56 Å². The number of ketones is 1. The molecule has 1 aromatic carbocycles. The molecule has 12 nitrogen and oxygen atoms in total. The lowest BCUT2D eigenvalue weighted by atomic mass is 9.98. The van der Waals surface area contributed by atoms with Crippen molar-refractivity contribution in [3.63, 3.8) is 0 Å². The highest BCUT2D eigenvalue weighted by Gasteiger charge is 2.35. The Morgan fingerprint density at radius 3 is 2.54 bits per heavy atom. The number of hydrogen-bond acceptors (Lipinski definition) is 9. The predicted octanol–water partition coefficient (Wildman–Crippen LogP) is 0.827. The summed E-state index contributed by atoms with van der Waals surface area (Å²) in [6, 6.07) is 6.24. The number of aliphatic hydroxyl groups excluding tert-OH is 1. The van der Waals surface area contributed by atoms with Crippen molar-refractivity contribution < 1.29 is 33.4 Å². The third-order valence-corrected chi connectivity index (χ3v) is 6.47. The second-order valence-corrected chi connectivity index (χ2v) is 10.2. The van der Waals surface area contributed by atoms with E-state index in [2.05, 4.69) is 26.3 Å². The van der Waals surface area contributed by atoms with Crippen LogP contribution in [0.5, 0.6) is 0 Å². The summed E-state index contributed by atoms with van der Waals surface area (Å²) in [6.45, 7) is 7.42. The monoisotopic (exact) mass is 543 g/mol. The number of nitrogens with one attached hydrogen (secondary N) is 4. The van der Waals surface area contributed by atoms with E-state index in [4.69, 9.17) is 9.15 Å². The molecular weight excluding hydrogens is 506 g/mol. The van der Waals surface area contributed by atoms with Crippen LogP contribution in [0.2, 0.25) is 0 Å². The number of rotatable bonds is 10. The molecule has 39 heavy (non-hydrogen) atoms. The van der Waals surface area contributed by atoms with Gasteiger partial charge in [-0.3, -0.25) is 19.7 Å². The van der Waals surface area contributed by atoms with Crippen LogP contribution in [0.25, 0.3) is 0 Å². The van der Waals surface area contributed by atoms with E-state index in [1.54, 1.807) is 27.7 Å². The van der Waals surface area contributed by atoms with Gasteiger partial charge in [0.2, 0.25) is 11.7 Å². The van der Waals surface area contributed by atoms with E-state index in [0.29, 0.717) is 17.9 Å². The first kappa shape index (κ1) is 29.8. The van der Waals surface area contributed by atoms with Gasteiger partial charge in [0.1, 0.15) is 24.6 Å². The number of fused-ring (bicyclic) bond motifs is 1. The number of oxazole rings is 1. The van der Waals surface area contributed by atoms with Crippen molar-refractivity contribution in [2.45, 2.75) is 71.5 Å². The Bertz CT molecular complexity index is 1130. The van der Waals surface area contributed by atoms with Crippen molar-refractivity contribution in [3.05, 3.63) is 53.7 Å². The molecule has 2 aromatic rings. The number of aliphatic hydroxyl groups is 1. The molecule has 0 fully saturated rings. The Morgan fingerprint density at radius 2 is 1.87 bits per heavy atom. The molecule has 4 unspecified atom stereocenters. The summed E-state index contributed by atoms with van der Waals surface area (Å²) in [5, 5.41) is 21.7. The molecule has 0 spiro atoms. The number of carbonyl (C=O) groups is 4. The molecule has 212 valence electrons. The highest BCUT2D eigenvalue weighted by atomic mass is 16.5. The van der Waals surface area contributed by atoms with E-state index in [-0.39, 0.29) is 31.4 Å². The largest absolute Gasteiger partial charge is 0.448 e. The number of Topliss-reactive ketones (excluding diaryl/α,β-unsaturated/α-hetero) is 1. The van der Waals surface area contributed by atoms with E-state index < -0.39 is 48.0 Å². The van der Waals surface area contributed by atoms with Crippen molar-refractivity contribution in [1.82, 2.24) is 26.3 Å². The van der Waals surface area contributed by atoms with Crippen molar-refractivity contribution >= 4 is 23.7 Å². The fourth-order valence-corrected chi connectivity index (χ4v) is 4.23. The first-order valence-corrected chi connectivity index (χ1v) is 13.0. The lowest BCUT2D eigenvalue weighted by molar-refractivity contribution is -0.140. The zero-order chi connectivity index (χ0) is 28.5. The van der Waals surface area contributed by atoms with Crippen LogP contribution >= 0.6 is 0 Å². The maximum Gasteiger partial charge on any atom is 0.407 e. The lowest BCUT2D eigenvalue weighted by Crippen LogP contribution is -2.61. The number of aromatic nitrogens is 1. The normalized spacial score (nSPS) is 18.2. The molecule has 0 radical (unpaired) electrons. The molecule has 0 aliphatic carbocycles. The first-order chi connectivity index (χ1) is 18.6. The molecule has 5 N–H and O–H groups in total. The predicted molar refractivity (Wildman–Crippen MR) is 140 cm³/mol. The van der Waals surface area contributed by atoms with Crippen molar-refractivity contribution in [2.75, 3.05) is 6.54 Å². The van der Waals surface area contributed by atoms with Crippen LogP contribution in [-0.2, 0) is 38.6 Å². The zero-order valence-electron chi connectivity index (χ0n) is 22.6. The molecule has 12 heteroatoms. The van der Waals surface area contributed by atoms with Gasteiger partial charge < -0.3 is 30.2 Å². The third-order valence-electron chi connectivity index (χ3n) is 6.47. The summed E-state index contributed by atoms with van der Waals surface area (Å²) in [5.41, 5.74) is 1.41. The van der Waals surface area contributed by atoms with Crippen molar-refractivity contribution in [2.24, 2.45) is 11.8 Å². The summed E-state index contributed by atoms with van der Waals surface area (Å²) >= 11 is 0. The smallest absolute Gasteiger partial charge is 0.407 e.